The molecule has 0 aliphatic carbocycles. The molecule has 4 nitrogen and oxygen atoms in total. The lowest BCUT2D eigenvalue weighted by atomic mass is 10.2. The summed E-state index contributed by atoms with van der Waals surface area (Å²) in [6, 6.07) is 12.9. The van der Waals surface area contributed by atoms with E-state index in [1.807, 2.05) is 0 Å². The fourth-order valence-electron chi connectivity index (χ4n) is 2.48. The first kappa shape index (κ1) is 13.1. The van der Waals surface area contributed by atoms with Gasteiger partial charge in [0.2, 0.25) is 0 Å². The van der Waals surface area contributed by atoms with Gasteiger partial charge in [-0.3, -0.25) is 0 Å². The van der Waals surface area contributed by atoms with Gasteiger partial charge in [-0.05, 0) is 36.4 Å². The summed E-state index contributed by atoms with van der Waals surface area (Å²) in [6.45, 7) is 4.47. The topological polar surface area (TPSA) is 29.4 Å². The van der Waals surface area contributed by atoms with Gasteiger partial charge in [0, 0.05) is 43.4 Å². The second-order valence-corrected chi connectivity index (χ2v) is 5.11. The first-order valence-corrected chi connectivity index (χ1v) is 7.10. The summed E-state index contributed by atoms with van der Waals surface area (Å²) in [5.74, 6) is 0. The van der Waals surface area contributed by atoms with E-state index in [-0.39, 0.29) is 0 Å². The zero-order valence-electron chi connectivity index (χ0n) is 11.9. The van der Waals surface area contributed by atoms with Gasteiger partial charge in [0.15, 0.2) is 0 Å². The number of rotatable bonds is 4. The fourth-order valence-corrected chi connectivity index (χ4v) is 2.48. The summed E-state index contributed by atoms with van der Waals surface area (Å²) in [6.07, 6.45) is 2.07. The first-order valence-electron chi connectivity index (χ1n) is 7.10. The number of hydrogen-bond donors (Lipinski definition) is 1. The van der Waals surface area contributed by atoms with Crippen molar-refractivity contribution in [3.8, 4) is 0 Å². The van der Waals surface area contributed by atoms with Crippen molar-refractivity contribution < 1.29 is 4.74 Å². The van der Waals surface area contributed by atoms with E-state index < -0.39 is 0 Å². The lowest BCUT2D eigenvalue weighted by Gasteiger charge is -2.28. The van der Waals surface area contributed by atoms with Crippen molar-refractivity contribution in [3.63, 3.8) is 0 Å². The summed E-state index contributed by atoms with van der Waals surface area (Å²) in [7, 11) is 2.07. The van der Waals surface area contributed by atoms with Crippen LogP contribution in [0.3, 0.4) is 0 Å². The van der Waals surface area contributed by atoms with Gasteiger partial charge in [0.25, 0.3) is 0 Å². The smallest absolute Gasteiger partial charge is 0.0642 e. The van der Waals surface area contributed by atoms with E-state index in [1.165, 1.54) is 11.4 Å². The minimum atomic E-state index is 0.827. The third-order valence-electron chi connectivity index (χ3n) is 3.77. The predicted molar refractivity (Wildman–Crippen MR) is 82.2 cm³/mol. The molecule has 0 radical (unpaired) electrons. The van der Waals surface area contributed by atoms with Crippen LogP contribution in [0.1, 0.15) is 5.69 Å². The van der Waals surface area contributed by atoms with Crippen LogP contribution >= 0.6 is 0 Å². The highest BCUT2D eigenvalue weighted by Gasteiger charge is 2.10. The highest BCUT2D eigenvalue weighted by molar-refractivity contribution is 5.55. The van der Waals surface area contributed by atoms with E-state index in [0.29, 0.717) is 0 Å². The first-order chi connectivity index (χ1) is 9.83. The van der Waals surface area contributed by atoms with Crippen LogP contribution in [0.2, 0.25) is 0 Å². The maximum atomic E-state index is 5.38. The Balaban J connectivity index is 1.59. The minimum Gasteiger partial charge on any atom is -0.379 e. The van der Waals surface area contributed by atoms with Crippen LogP contribution in [0.4, 0.5) is 11.4 Å². The van der Waals surface area contributed by atoms with Gasteiger partial charge in [-0.25, -0.2) is 0 Å². The average molecular weight is 271 g/mol. The normalized spacial score (nSPS) is 15.3. The van der Waals surface area contributed by atoms with Gasteiger partial charge >= 0.3 is 0 Å². The molecule has 20 heavy (non-hydrogen) atoms. The van der Waals surface area contributed by atoms with Gasteiger partial charge < -0.3 is 19.5 Å². The number of nitrogens with zero attached hydrogens (tertiary/aromatic N) is 2. The standard InChI is InChI=1S/C16H21N3O/c1-18-8-2-3-16(18)13-17-14-4-6-15(7-5-14)19-9-11-20-12-10-19/h2-8,17H,9-13H2,1H3. The Labute approximate surface area is 120 Å². The Morgan fingerprint density at radius 2 is 1.85 bits per heavy atom. The monoisotopic (exact) mass is 271 g/mol. The number of nitrogens with one attached hydrogen (secondary N) is 1. The van der Waals surface area contributed by atoms with Crippen LogP contribution in [0.25, 0.3) is 0 Å². The molecular weight excluding hydrogens is 250 g/mol. The third-order valence-corrected chi connectivity index (χ3v) is 3.77. The third kappa shape index (κ3) is 2.96. The maximum absolute atomic E-state index is 5.38. The van der Waals surface area contributed by atoms with Gasteiger partial charge in [0.1, 0.15) is 0 Å². The van der Waals surface area contributed by atoms with Crippen molar-refractivity contribution in [2.24, 2.45) is 7.05 Å². The van der Waals surface area contributed by atoms with Crippen LogP contribution in [-0.2, 0) is 18.3 Å². The van der Waals surface area contributed by atoms with E-state index >= 15 is 0 Å². The Kier molecular flexibility index (Phi) is 3.92. The van der Waals surface area contributed by atoms with E-state index in [9.17, 15) is 0 Å². The van der Waals surface area contributed by atoms with E-state index in [0.717, 1.165) is 38.5 Å². The zero-order valence-corrected chi connectivity index (χ0v) is 11.9. The molecule has 3 rings (SSSR count). The molecule has 106 valence electrons. The number of aromatic nitrogens is 1. The van der Waals surface area contributed by atoms with Crippen LogP contribution in [-0.4, -0.2) is 30.9 Å². The lowest BCUT2D eigenvalue weighted by Crippen LogP contribution is -2.36. The second-order valence-electron chi connectivity index (χ2n) is 5.11. The molecule has 2 heterocycles. The quantitative estimate of drug-likeness (QED) is 0.926. The van der Waals surface area contributed by atoms with Crippen molar-refractivity contribution in [1.82, 2.24) is 4.57 Å². The molecule has 0 spiro atoms. The minimum absolute atomic E-state index is 0.827. The molecule has 1 aromatic heterocycles. The molecular formula is C16H21N3O. The lowest BCUT2D eigenvalue weighted by molar-refractivity contribution is 0.122. The van der Waals surface area contributed by atoms with Gasteiger partial charge in [-0.1, -0.05) is 0 Å². The molecule has 4 heteroatoms. The number of morpholine rings is 1. The summed E-state index contributed by atoms with van der Waals surface area (Å²) in [4.78, 5) is 2.37. The van der Waals surface area contributed by atoms with Crippen LogP contribution < -0.4 is 10.2 Å². The molecule has 0 unspecified atom stereocenters. The Morgan fingerprint density at radius 1 is 1.10 bits per heavy atom. The molecule has 1 aromatic carbocycles. The van der Waals surface area contributed by atoms with Crippen molar-refractivity contribution in [2.45, 2.75) is 6.54 Å². The fraction of sp³-hybridized carbons (Fsp3) is 0.375. The number of benzene rings is 1. The SMILES string of the molecule is Cn1cccc1CNc1ccc(N2CCOCC2)cc1. The molecule has 2 aromatic rings. The molecule has 1 N–H and O–H groups in total. The molecule has 0 atom stereocenters. The Morgan fingerprint density at radius 3 is 2.50 bits per heavy atom. The molecule has 0 saturated carbocycles. The molecule has 1 aliphatic rings. The Hall–Kier alpha value is -1.94. The summed E-state index contributed by atoms with van der Waals surface area (Å²) in [5, 5.41) is 3.45. The Bertz CT molecular complexity index is 541. The number of ether oxygens (including phenoxy) is 1. The van der Waals surface area contributed by atoms with Crippen molar-refractivity contribution in [1.29, 1.82) is 0 Å². The summed E-state index contributed by atoms with van der Waals surface area (Å²) >= 11 is 0. The molecule has 1 aliphatic heterocycles. The van der Waals surface area contributed by atoms with Gasteiger partial charge in [-0.15, -0.1) is 0 Å². The number of hydrogen-bond acceptors (Lipinski definition) is 3. The van der Waals surface area contributed by atoms with Crippen LogP contribution in [0.5, 0.6) is 0 Å². The molecule has 1 fully saturated rings. The van der Waals surface area contributed by atoms with E-state index in [4.69, 9.17) is 4.74 Å². The zero-order chi connectivity index (χ0) is 13.8. The van der Waals surface area contributed by atoms with Crippen LogP contribution in [0.15, 0.2) is 42.6 Å². The summed E-state index contributed by atoms with van der Waals surface area (Å²) in [5.41, 5.74) is 3.71. The van der Waals surface area contributed by atoms with Crippen molar-refractivity contribution >= 4 is 11.4 Å². The van der Waals surface area contributed by atoms with Crippen molar-refractivity contribution in [3.05, 3.63) is 48.3 Å². The molecule has 0 amide bonds. The average Bonchev–Trinajstić information content (AvgIpc) is 2.92. The molecule has 0 bridgehead atoms. The van der Waals surface area contributed by atoms with E-state index in [1.54, 1.807) is 0 Å². The predicted octanol–water partition coefficient (Wildman–Crippen LogP) is 2.47. The van der Waals surface area contributed by atoms with Crippen LogP contribution in [0, 0.1) is 0 Å². The largest absolute Gasteiger partial charge is 0.379 e. The molecule has 1 saturated heterocycles. The van der Waals surface area contributed by atoms with Gasteiger partial charge in [0.05, 0.1) is 19.8 Å². The van der Waals surface area contributed by atoms with Gasteiger partial charge in [-0.2, -0.15) is 0 Å². The highest BCUT2D eigenvalue weighted by atomic mass is 16.5. The van der Waals surface area contributed by atoms with E-state index in [2.05, 4.69) is 64.4 Å². The highest BCUT2D eigenvalue weighted by Crippen LogP contribution is 2.19. The number of anilines is 2. The number of aryl methyl sites for hydroxylation is 1. The van der Waals surface area contributed by atoms with Crippen molar-refractivity contribution in [2.75, 3.05) is 36.5 Å². The maximum Gasteiger partial charge on any atom is 0.0642 e. The summed E-state index contributed by atoms with van der Waals surface area (Å²) < 4.78 is 7.51. The second kappa shape index (κ2) is 6.01.